The summed E-state index contributed by atoms with van der Waals surface area (Å²) in [6, 6.07) is 13.5. The number of halogens is 4. The van der Waals surface area contributed by atoms with Crippen LogP contribution < -0.4 is 4.74 Å². The van der Waals surface area contributed by atoms with Crippen molar-refractivity contribution in [2.24, 2.45) is 0 Å². The summed E-state index contributed by atoms with van der Waals surface area (Å²) in [5.74, 6) is -4.88. The summed E-state index contributed by atoms with van der Waals surface area (Å²) in [6.45, 7) is 4.58. The van der Waals surface area contributed by atoms with E-state index < -0.39 is 29.4 Å². The van der Waals surface area contributed by atoms with E-state index >= 15 is 8.78 Å². The molecule has 1 unspecified atom stereocenters. The lowest BCUT2D eigenvalue weighted by Gasteiger charge is -2.30. The standard InChI is InChI=1S/C31H32F4O2/c1-3-5-7-20-8-10-21(11-9-20)22-12-16-26(37-19-22)25-14-13-23(28(32)30(25)34)24-15-17-27(31(35)29(24)33)36-18-6-4-2/h3,5,8-11,13-15,17,22,26H,4,6-7,12,16,18-19H2,1-2H3/b5-3-/t22?,26-/m0/s1. The molecule has 0 bridgehead atoms. The number of hydrogen-bond acceptors (Lipinski definition) is 2. The molecule has 37 heavy (non-hydrogen) atoms. The lowest BCUT2D eigenvalue weighted by atomic mass is 9.88. The zero-order valence-electron chi connectivity index (χ0n) is 21.2. The first-order valence-electron chi connectivity index (χ1n) is 12.8. The van der Waals surface area contributed by atoms with Crippen LogP contribution in [0.15, 0.2) is 60.7 Å². The molecule has 3 aromatic rings. The van der Waals surface area contributed by atoms with Crippen molar-refractivity contribution in [3.63, 3.8) is 0 Å². The Morgan fingerprint density at radius 1 is 0.865 bits per heavy atom. The number of benzene rings is 3. The van der Waals surface area contributed by atoms with E-state index in [1.54, 1.807) is 0 Å². The van der Waals surface area contributed by atoms with Crippen LogP contribution in [0.4, 0.5) is 17.6 Å². The largest absolute Gasteiger partial charge is 0.490 e. The normalized spacial score (nSPS) is 17.9. The first-order valence-corrected chi connectivity index (χ1v) is 12.8. The second-order valence-corrected chi connectivity index (χ2v) is 9.38. The molecule has 0 radical (unpaired) electrons. The SMILES string of the molecule is C/C=C\Cc1ccc(C2CC[C@@H](c3ccc(-c4ccc(OCCCC)c(F)c4F)c(F)c3F)OC2)cc1. The van der Waals surface area contributed by atoms with E-state index in [-0.39, 0.29) is 35.0 Å². The Balaban J connectivity index is 1.46. The van der Waals surface area contributed by atoms with Crippen molar-refractivity contribution in [1.82, 2.24) is 0 Å². The van der Waals surface area contributed by atoms with Crippen LogP contribution in [0.25, 0.3) is 11.1 Å². The molecule has 0 saturated carbocycles. The molecular formula is C31H32F4O2. The predicted molar refractivity (Wildman–Crippen MR) is 138 cm³/mol. The maximum atomic E-state index is 15.1. The fourth-order valence-corrected chi connectivity index (χ4v) is 4.64. The van der Waals surface area contributed by atoms with Gasteiger partial charge in [-0.25, -0.2) is 13.2 Å². The molecule has 0 spiro atoms. The Kier molecular flexibility index (Phi) is 9.04. The maximum Gasteiger partial charge on any atom is 0.201 e. The molecule has 1 aliphatic heterocycles. The van der Waals surface area contributed by atoms with E-state index in [9.17, 15) is 8.78 Å². The topological polar surface area (TPSA) is 18.5 Å². The maximum absolute atomic E-state index is 15.1. The molecule has 6 heteroatoms. The van der Waals surface area contributed by atoms with Crippen molar-refractivity contribution in [1.29, 1.82) is 0 Å². The fourth-order valence-electron chi connectivity index (χ4n) is 4.64. The summed E-state index contributed by atoms with van der Waals surface area (Å²) >= 11 is 0. The van der Waals surface area contributed by atoms with Crippen molar-refractivity contribution in [3.05, 3.63) is 101 Å². The van der Waals surface area contributed by atoms with Gasteiger partial charge in [-0.3, -0.25) is 0 Å². The van der Waals surface area contributed by atoms with Crippen LogP contribution in [0, 0.1) is 23.3 Å². The molecule has 0 amide bonds. The molecule has 2 atom stereocenters. The first-order chi connectivity index (χ1) is 17.9. The third kappa shape index (κ3) is 6.07. The Morgan fingerprint density at radius 3 is 2.22 bits per heavy atom. The summed E-state index contributed by atoms with van der Waals surface area (Å²) < 4.78 is 70.6. The molecule has 1 aliphatic rings. The van der Waals surface area contributed by atoms with E-state index in [0.717, 1.165) is 24.8 Å². The van der Waals surface area contributed by atoms with Gasteiger partial charge in [0.1, 0.15) is 0 Å². The van der Waals surface area contributed by atoms with Crippen LogP contribution in [0.5, 0.6) is 5.75 Å². The highest BCUT2D eigenvalue weighted by molar-refractivity contribution is 5.66. The molecule has 2 nitrogen and oxygen atoms in total. The van der Waals surface area contributed by atoms with Gasteiger partial charge in [-0.15, -0.1) is 0 Å². The number of allylic oxidation sites excluding steroid dienone is 2. The lowest BCUT2D eigenvalue weighted by molar-refractivity contribution is 0.0000958. The van der Waals surface area contributed by atoms with Crippen LogP contribution >= 0.6 is 0 Å². The van der Waals surface area contributed by atoms with E-state index in [0.29, 0.717) is 19.4 Å². The van der Waals surface area contributed by atoms with Gasteiger partial charge in [-0.1, -0.05) is 61.9 Å². The number of hydrogen-bond donors (Lipinski definition) is 0. The number of rotatable bonds is 9. The molecule has 1 saturated heterocycles. The molecule has 0 aromatic heterocycles. The van der Waals surface area contributed by atoms with Crippen molar-refractivity contribution >= 4 is 0 Å². The monoisotopic (exact) mass is 512 g/mol. The van der Waals surface area contributed by atoms with Gasteiger partial charge < -0.3 is 9.47 Å². The van der Waals surface area contributed by atoms with E-state index in [2.05, 4.69) is 30.3 Å². The molecule has 1 heterocycles. The Labute approximate surface area is 215 Å². The summed E-state index contributed by atoms with van der Waals surface area (Å²) in [5.41, 5.74) is 1.77. The minimum Gasteiger partial charge on any atom is -0.490 e. The minimum atomic E-state index is -1.27. The van der Waals surface area contributed by atoms with Gasteiger partial charge in [0.15, 0.2) is 23.2 Å². The van der Waals surface area contributed by atoms with E-state index in [4.69, 9.17) is 9.47 Å². The van der Waals surface area contributed by atoms with Crippen LogP contribution in [-0.2, 0) is 11.2 Å². The highest BCUT2D eigenvalue weighted by Gasteiger charge is 2.29. The van der Waals surface area contributed by atoms with Crippen molar-refractivity contribution in [2.45, 2.75) is 58.0 Å². The summed E-state index contributed by atoms with van der Waals surface area (Å²) in [6.07, 6.45) is 7.22. The summed E-state index contributed by atoms with van der Waals surface area (Å²) in [7, 11) is 0. The van der Waals surface area contributed by atoms with Gasteiger partial charge in [0, 0.05) is 22.6 Å². The van der Waals surface area contributed by atoms with E-state index in [1.165, 1.54) is 29.8 Å². The minimum absolute atomic E-state index is 0.0850. The third-order valence-electron chi connectivity index (χ3n) is 6.87. The van der Waals surface area contributed by atoms with Crippen molar-refractivity contribution < 1.29 is 27.0 Å². The number of ether oxygens (including phenoxy) is 2. The molecule has 0 aliphatic carbocycles. The lowest BCUT2D eigenvalue weighted by Crippen LogP contribution is -2.20. The summed E-state index contributed by atoms with van der Waals surface area (Å²) in [4.78, 5) is 0. The van der Waals surface area contributed by atoms with E-state index in [1.807, 2.05) is 19.9 Å². The zero-order chi connectivity index (χ0) is 26.4. The summed E-state index contributed by atoms with van der Waals surface area (Å²) in [5, 5.41) is 0. The van der Waals surface area contributed by atoms with Crippen molar-refractivity contribution in [2.75, 3.05) is 13.2 Å². The molecule has 3 aromatic carbocycles. The van der Waals surface area contributed by atoms with Gasteiger partial charge in [0.25, 0.3) is 0 Å². The highest BCUT2D eigenvalue weighted by Crippen LogP contribution is 2.39. The zero-order valence-corrected chi connectivity index (χ0v) is 21.2. The molecule has 196 valence electrons. The van der Waals surface area contributed by atoms with Crippen LogP contribution in [0.2, 0.25) is 0 Å². The quantitative estimate of drug-likeness (QED) is 0.162. The van der Waals surface area contributed by atoms with Crippen LogP contribution in [0.3, 0.4) is 0 Å². The first kappa shape index (κ1) is 26.9. The van der Waals surface area contributed by atoms with Gasteiger partial charge >= 0.3 is 0 Å². The van der Waals surface area contributed by atoms with Gasteiger partial charge in [-0.2, -0.15) is 4.39 Å². The Morgan fingerprint density at radius 2 is 1.57 bits per heavy atom. The molecular weight excluding hydrogens is 480 g/mol. The van der Waals surface area contributed by atoms with Crippen LogP contribution in [-0.4, -0.2) is 13.2 Å². The predicted octanol–water partition coefficient (Wildman–Crippen LogP) is 8.84. The molecule has 4 rings (SSSR count). The fraction of sp³-hybridized carbons (Fsp3) is 0.355. The Hall–Kier alpha value is -3.12. The smallest absolute Gasteiger partial charge is 0.201 e. The number of unbranched alkanes of at least 4 members (excludes halogenated alkanes) is 1. The molecule has 0 N–H and O–H groups in total. The molecule has 1 fully saturated rings. The van der Waals surface area contributed by atoms with Crippen molar-refractivity contribution in [3.8, 4) is 16.9 Å². The average molecular weight is 513 g/mol. The highest BCUT2D eigenvalue weighted by atomic mass is 19.2. The second kappa shape index (κ2) is 12.4. The van der Waals surface area contributed by atoms with Crippen LogP contribution in [0.1, 0.15) is 68.2 Å². The second-order valence-electron chi connectivity index (χ2n) is 9.38. The van der Waals surface area contributed by atoms with Gasteiger partial charge in [0.2, 0.25) is 5.82 Å². The third-order valence-corrected chi connectivity index (χ3v) is 6.87. The van der Waals surface area contributed by atoms with Gasteiger partial charge in [-0.05, 0) is 55.9 Å². The van der Waals surface area contributed by atoms with Gasteiger partial charge in [0.05, 0.1) is 19.3 Å². The average Bonchev–Trinajstić information content (AvgIpc) is 2.92. The Bertz CT molecular complexity index is 1230.